The third-order valence-corrected chi connectivity index (χ3v) is 0. The zero-order valence-electron chi connectivity index (χ0n) is 9.60. The fourth-order valence-electron chi connectivity index (χ4n) is 0. The normalized spacial score (nSPS) is 0.818. The maximum absolute atomic E-state index is 7.50. The Kier molecular flexibility index (Phi) is 1330000. The first-order valence-corrected chi connectivity index (χ1v) is 1.84. The van der Waals surface area contributed by atoms with Gasteiger partial charge in [-0.15, -0.1) is 0 Å². The fraction of sp³-hybridized carbons (Fsp3) is 0. The van der Waals surface area contributed by atoms with Crippen molar-refractivity contribution in [3.05, 3.63) is 59.9 Å². The summed E-state index contributed by atoms with van der Waals surface area (Å²) >= 11 is 0. The summed E-state index contributed by atoms with van der Waals surface area (Å²) in [5, 5.41) is 0. The maximum atomic E-state index is 7.50. The molecule has 0 aliphatic carbocycles. The molecule has 22 heavy (non-hydrogen) atoms. The Bertz CT molecular complexity index is 167. The minimum atomic E-state index is 0. The van der Waals surface area contributed by atoms with Gasteiger partial charge in [-0.2, -0.15) is 0 Å². The zero-order chi connectivity index (χ0) is 18.0. The summed E-state index contributed by atoms with van der Waals surface area (Å²) in [6, 6.07) is 0. The van der Waals surface area contributed by atoms with Crippen LogP contribution in [0.2, 0.25) is 0 Å². The Morgan fingerprint density at radius 2 is 0.273 bits per heavy atom. The van der Waals surface area contributed by atoms with Gasteiger partial charge in [0.05, 0.1) is 0 Å². The molecule has 0 heterocycles. The van der Waals surface area contributed by atoms with Gasteiger partial charge in [-0.05, 0) is 0 Å². The standard InChI is InChI=1S/9CO.2Co.Ru.Se/c9*1-2;;;;. The Morgan fingerprint density at radius 3 is 0.273 bits per heavy atom. The number of hydrogen-bond acceptors (Lipinski definition) is 0. The van der Waals surface area contributed by atoms with Gasteiger partial charge >= 0.3 is 102 Å². The van der Waals surface area contributed by atoms with Crippen LogP contribution in [0.1, 0.15) is 0 Å². The van der Waals surface area contributed by atoms with E-state index in [0.717, 1.165) is 0 Å². The van der Waals surface area contributed by atoms with Crippen LogP contribution in [0, 0.1) is 59.9 Å². The van der Waals surface area contributed by atoms with Crippen molar-refractivity contribution in [1.29, 1.82) is 0 Å². The SMILES string of the molecule is [C-]#[O+].[C-]#[O+].[C-]#[O+].[C-]#[O+].[C-]#[O+].[C-]#[O+].[C-]#[O+].[C-]#[O+].[C-]#[O+].[Co].[Co].[Ru].[Se]. The Morgan fingerprint density at radius 1 is 0.273 bits per heavy atom. The first-order chi connectivity index (χ1) is 9.00. The fourth-order valence-corrected chi connectivity index (χ4v) is 0. The monoisotopic (exact) mass is 552 g/mol. The molecule has 0 aromatic heterocycles. The number of rotatable bonds is 0. The predicted octanol–water partition coefficient (Wildman–Crippen LogP) is -0.726. The molecular formula is C9Co2O9RuSe. The smallest absolute Gasteiger partial charge is 0 e. The van der Waals surface area contributed by atoms with Crippen LogP contribution in [-0.4, -0.2) is 17.1 Å². The summed E-state index contributed by atoms with van der Waals surface area (Å²) in [5.41, 5.74) is 0. The van der Waals surface area contributed by atoms with E-state index in [1.807, 2.05) is 0 Å². The summed E-state index contributed by atoms with van der Waals surface area (Å²) in [5.74, 6) is 0. The molecule has 9 nitrogen and oxygen atoms in total. The molecule has 4 radical (unpaired) electrons. The van der Waals surface area contributed by atoms with E-state index in [9.17, 15) is 0 Å². The molecule has 13 heteroatoms. The summed E-state index contributed by atoms with van der Waals surface area (Å²) in [4.78, 5) is 0. The van der Waals surface area contributed by atoms with E-state index >= 15 is 0 Å². The van der Waals surface area contributed by atoms with Gasteiger partial charge in [-0.3, -0.25) is 0 Å². The molecule has 0 saturated carbocycles. The summed E-state index contributed by atoms with van der Waals surface area (Å²) in [6.07, 6.45) is 0. The maximum Gasteiger partial charge on any atom is 0 e. The Hall–Kier alpha value is -0.184. The van der Waals surface area contributed by atoms with Crippen molar-refractivity contribution in [3.63, 3.8) is 0 Å². The average Bonchev–Trinajstić information content (AvgIpc) is 2.63. The van der Waals surface area contributed by atoms with Gasteiger partial charge < -0.3 is 0 Å². The summed E-state index contributed by atoms with van der Waals surface area (Å²) in [7, 11) is 0. The van der Waals surface area contributed by atoms with E-state index in [4.69, 9.17) is 41.9 Å². The largest absolute Gasteiger partial charge is 0 e. The van der Waals surface area contributed by atoms with Crippen molar-refractivity contribution >= 4 is 17.1 Å². The minimum Gasteiger partial charge on any atom is 0 e. The van der Waals surface area contributed by atoms with Crippen molar-refractivity contribution in [2.45, 2.75) is 0 Å². The van der Waals surface area contributed by atoms with E-state index in [1.165, 1.54) is 0 Å². The van der Waals surface area contributed by atoms with Crippen LogP contribution in [0.15, 0.2) is 0 Å². The van der Waals surface area contributed by atoms with E-state index in [2.05, 4.69) is 59.9 Å². The molecule has 0 aromatic carbocycles. The number of hydrogen-bond donors (Lipinski definition) is 0. The van der Waals surface area contributed by atoms with E-state index < -0.39 is 0 Å². The van der Waals surface area contributed by atoms with Gasteiger partial charge in [0.1, 0.15) is 0 Å². The van der Waals surface area contributed by atoms with Crippen molar-refractivity contribution in [2.75, 3.05) is 0 Å². The molecule has 122 valence electrons. The zero-order valence-corrected chi connectivity index (χ0v) is 15.1. The van der Waals surface area contributed by atoms with Gasteiger partial charge in [0.15, 0.2) is 0 Å². The second kappa shape index (κ2) is 241000. The Balaban J connectivity index is -0.00000000368. The molecule has 0 aliphatic rings. The minimum absolute atomic E-state index is 0. The van der Waals surface area contributed by atoms with Crippen LogP contribution in [0.3, 0.4) is 0 Å². The molecule has 0 rings (SSSR count). The van der Waals surface area contributed by atoms with Crippen molar-refractivity contribution < 1.29 is 94.9 Å². The van der Waals surface area contributed by atoms with Gasteiger partial charge in [-0.1, -0.05) is 0 Å². The quantitative estimate of drug-likeness (QED) is 0.210. The third kappa shape index (κ3) is 207000. The van der Waals surface area contributed by atoms with Crippen LogP contribution < -0.4 is 0 Å². The topological polar surface area (TPSA) is 179 Å². The average molecular weight is 550 g/mol. The predicted molar refractivity (Wildman–Crippen MR) is 41.1 cm³/mol. The van der Waals surface area contributed by atoms with Crippen LogP contribution >= 0.6 is 0 Å². The van der Waals surface area contributed by atoms with Crippen molar-refractivity contribution in [2.24, 2.45) is 0 Å². The third-order valence-electron chi connectivity index (χ3n) is 0. The molecule has 0 aliphatic heterocycles. The van der Waals surface area contributed by atoms with E-state index in [-0.39, 0.29) is 70.1 Å². The molecule has 0 saturated heterocycles. The molecule has 0 bridgehead atoms. The van der Waals surface area contributed by atoms with Gasteiger partial charge in [0.25, 0.3) is 0 Å². The Labute approximate surface area is 171 Å². The molecule has 0 amide bonds. The molecule has 0 spiro atoms. The van der Waals surface area contributed by atoms with Crippen LogP contribution in [0.4, 0.5) is 0 Å². The van der Waals surface area contributed by atoms with Crippen molar-refractivity contribution in [3.8, 4) is 0 Å². The van der Waals surface area contributed by atoms with Crippen LogP contribution in [0.5, 0.6) is 0 Å². The van der Waals surface area contributed by atoms with E-state index in [1.54, 1.807) is 0 Å². The molecule has 0 atom stereocenters. The second-order valence-electron chi connectivity index (χ2n) is 0. The molecule has 0 unspecified atom stereocenters. The second-order valence-corrected chi connectivity index (χ2v) is 0. The van der Waals surface area contributed by atoms with E-state index in [0.29, 0.717) is 0 Å². The van der Waals surface area contributed by atoms with Gasteiger partial charge in [-0.25, -0.2) is 0 Å². The van der Waals surface area contributed by atoms with Crippen molar-refractivity contribution in [1.82, 2.24) is 0 Å². The van der Waals surface area contributed by atoms with Crippen LogP contribution in [0.25, 0.3) is 0 Å². The first-order valence-electron chi connectivity index (χ1n) is 1.84. The van der Waals surface area contributed by atoms with Gasteiger partial charge in [0.2, 0.25) is 0 Å². The molecule has 0 aromatic rings. The summed E-state index contributed by atoms with van der Waals surface area (Å²) < 4.78 is 67.5. The van der Waals surface area contributed by atoms with Crippen LogP contribution in [-0.2, 0) is 94.9 Å². The first kappa shape index (κ1) is 122. The molecule has 0 fully saturated rings. The summed E-state index contributed by atoms with van der Waals surface area (Å²) in [6.45, 7) is 40.5. The molecular weight excluding hydrogens is 550 g/mol. The molecule has 0 N–H and O–H groups in total. The van der Waals surface area contributed by atoms with Gasteiger partial charge in [0, 0.05) is 70.1 Å².